The normalized spacial score (nSPS) is 28.5. The van der Waals surface area contributed by atoms with Crippen molar-refractivity contribution < 1.29 is 14.4 Å². The summed E-state index contributed by atoms with van der Waals surface area (Å²) in [5.41, 5.74) is 5.86. The zero-order valence-electron chi connectivity index (χ0n) is 15.3. The molecule has 0 aliphatic carbocycles. The number of likely N-dealkylation sites (tertiary alicyclic amines) is 2. The van der Waals surface area contributed by atoms with Crippen LogP contribution in [0.25, 0.3) is 0 Å². The van der Waals surface area contributed by atoms with E-state index in [1.54, 1.807) is 6.92 Å². The van der Waals surface area contributed by atoms with Crippen molar-refractivity contribution in [2.75, 3.05) is 26.2 Å². The van der Waals surface area contributed by atoms with Gasteiger partial charge in [-0.2, -0.15) is 0 Å². The molecule has 7 nitrogen and oxygen atoms in total. The summed E-state index contributed by atoms with van der Waals surface area (Å²) in [5, 5.41) is 3.12. The first kappa shape index (κ1) is 18.4. The predicted octanol–water partition coefficient (Wildman–Crippen LogP) is 0.272. The van der Waals surface area contributed by atoms with Crippen LogP contribution in [0.15, 0.2) is 30.3 Å². The minimum atomic E-state index is -0.578. The van der Waals surface area contributed by atoms with Gasteiger partial charge in [0.15, 0.2) is 0 Å². The van der Waals surface area contributed by atoms with Crippen molar-refractivity contribution >= 4 is 17.7 Å². The summed E-state index contributed by atoms with van der Waals surface area (Å²) in [6, 6.07) is 9.85. The maximum absolute atomic E-state index is 12.4. The highest BCUT2D eigenvalue weighted by Gasteiger charge is 2.56. The molecule has 0 radical (unpaired) electrons. The van der Waals surface area contributed by atoms with E-state index in [-0.39, 0.29) is 36.2 Å². The Morgan fingerprint density at radius 3 is 2.46 bits per heavy atom. The molecule has 0 spiro atoms. The third-order valence-electron chi connectivity index (χ3n) is 5.49. The monoisotopic (exact) mass is 358 g/mol. The molecule has 1 aromatic carbocycles. The van der Waals surface area contributed by atoms with Crippen molar-refractivity contribution in [3.05, 3.63) is 35.9 Å². The number of carbonyl (C=O) groups is 3. The van der Waals surface area contributed by atoms with Crippen molar-refractivity contribution in [2.24, 2.45) is 11.7 Å². The Kier molecular flexibility index (Phi) is 5.00. The Hall–Kier alpha value is -2.41. The largest absolute Gasteiger partial charge is 0.369 e. The van der Waals surface area contributed by atoms with Gasteiger partial charge in [-0.05, 0) is 18.5 Å². The van der Waals surface area contributed by atoms with Crippen LogP contribution in [0.3, 0.4) is 0 Å². The fourth-order valence-corrected chi connectivity index (χ4v) is 4.69. The molecule has 3 atom stereocenters. The number of primary amides is 1. The van der Waals surface area contributed by atoms with Gasteiger partial charge in [0.25, 0.3) is 0 Å². The van der Waals surface area contributed by atoms with Crippen LogP contribution in [-0.2, 0) is 14.4 Å². The summed E-state index contributed by atoms with van der Waals surface area (Å²) >= 11 is 0. The van der Waals surface area contributed by atoms with Crippen molar-refractivity contribution in [1.29, 1.82) is 0 Å². The van der Waals surface area contributed by atoms with Gasteiger partial charge in [0.1, 0.15) is 0 Å². The summed E-state index contributed by atoms with van der Waals surface area (Å²) in [6.07, 6.45) is 0.775. The van der Waals surface area contributed by atoms with Crippen LogP contribution in [0.4, 0.5) is 0 Å². The van der Waals surface area contributed by atoms with Crippen LogP contribution < -0.4 is 11.1 Å². The van der Waals surface area contributed by atoms with Crippen molar-refractivity contribution in [3.63, 3.8) is 0 Å². The molecule has 140 valence electrons. The zero-order valence-corrected chi connectivity index (χ0v) is 15.3. The van der Waals surface area contributed by atoms with Crippen LogP contribution in [-0.4, -0.2) is 59.2 Å². The average molecular weight is 358 g/mol. The molecule has 2 heterocycles. The maximum Gasteiger partial charge on any atom is 0.231 e. The molecule has 2 fully saturated rings. The summed E-state index contributed by atoms with van der Waals surface area (Å²) in [6.45, 7) is 4.87. The molecule has 1 aromatic rings. The lowest BCUT2D eigenvalue weighted by atomic mass is 9.75. The van der Waals surface area contributed by atoms with E-state index in [2.05, 4.69) is 5.32 Å². The first-order valence-electron chi connectivity index (χ1n) is 8.94. The molecule has 3 rings (SSSR count). The van der Waals surface area contributed by atoms with E-state index < -0.39 is 5.54 Å². The van der Waals surface area contributed by atoms with Crippen molar-refractivity contribution in [2.45, 2.75) is 31.8 Å². The highest BCUT2D eigenvalue weighted by molar-refractivity contribution is 5.77. The second-order valence-corrected chi connectivity index (χ2v) is 7.41. The molecular formula is C19H26N4O3. The van der Waals surface area contributed by atoms with Crippen molar-refractivity contribution in [3.8, 4) is 0 Å². The molecule has 0 saturated carbocycles. The van der Waals surface area contributed by atoms with Crippen LogP contribution in [0, 0.1) is 5.92 Å². The number of rotatable bonds is 4. The number of nitrogens with one attached hydrogen (secondary N) is 1. The third-order valence-corrected chi connectivity index (χ3v) is 5.49. The Bertz CT molecular complexity index is 708. The van der Waals surface area contributed by atoms with Gasteiger partial charge >= 0.3 is 0 Å². The second-order valence-electron chi connectivity index (χ2n) is 7.41. The zero-order chi connectivity index (χ0) is 18.9. The third kappa shape index (κ3) is 3.44. The van der Waals surface area contributed by atoms with Gasteiger partial charge in [-0.15, -0.1) is 0 Å². The smallest absolute Gasteiger partial charge is 0.231 e. The molecule has 0 unspecified atom stereocenters. The van der Waals surface area contributed by atoms with Gasteiger partial charge in [0, 0.05) is 32.9 Å². The molecule has 2 saturated heterocycles. The molecule has 2 aliphatic rings. The molecule has 26 heavy (non-hydrogen) atoms. The van der Waals surface area contributed by atoms with Gasteiger partial charge in [0.05, 0.1) is 18.1 Å². The van der Waals surface area contributed by atoms with E-state index in [9.17, 15) is 14.4 Å². The Morgan fingerprint density at radius 2 is 1.88 bits per heavy atom. The van der Waals surface area contributed by atoms with Gasteiger partial charge < -0.3 is 16.0 Å². The van der Waals surface area contributed by atoms with E-state index in [0.717, 1.165) is 12.0 Å². The number of amides is 3. The number of carbonyl (C=O) groups excluding carboxylic acids is 3. The van der Waals surface area contributed by atoms with Crippen LogP contribution in [0.5, 0.6) is 0 Å². The number of benzene rings is 1. The topological polar surface area (TPSA) is 95.7 Å². The molecule has 3 amide bonds. The highest BCUT2D eigenvalue weighted by atomic mass is 16.2. The number of nitrogens with zero attached hydrogens (tertiary/aromatic N) is 2. The van der Waals surface area contributed by atoms with Gasteiger partial charge in [-0.1, -0.05) is 30.3 Å². The Morgan fingerprint density at radius 1 is 1.19 bits per heavy atom. The summed E-state index contributed by atoms with van der Waals surface area (Å²) < 4.78 is 0. The summed E-state index contributed by atoms with van der Waals surface area (Å²) in [4.78, 5) is 39.6. The molecule has 0 aromatic heterocycles. The standard InChI is InChI=1S/C19H26N4O3/c1-13(24)21-19-11-22(10-17(20)26)9-8-16(19)18(23(12-19)14(2)25)15-6-4-3-5-7-15/h3-7,16,18H,8-12H2,1-2H3,(H2,20,26)(H,21,24)/t16-,18-,19-/m1/s1. The van der Waals surface area contributed by atoms with Crippen LogP contribution in [0.2, 0.25) is 0 Å². The lowest BCUT2D eigenvalue weighted by molar-refractivity contribution is -0.130. The van der Waals surface area contributed by atoms with E-state index in [4.69, 9.17) is 5.73 Å². The fourth-order valence-electron chi connectivity index (χ4n) is 4.69. The number of hydrogen-bond donors (Lipinski definition) is 2. The Labute approximate surface area is 153 Å². The minimum absolute atomic E-state index is 0.0144. The first-order valence-corrected chi connectivity index (χ1v) is 8.94. The second kappa shape index (κ2) is 7.07. The quantitative estimate of drug-likeness (QED) is 0.808. The average Bonchev–Trinajstić information content (AvgIpc) is 2.88. The van der Waals surface area contributed by atoms with Gasteiger partial charge in [-0.3, -0.25) is 19.3 Å². The predicted molar refractivity (Wildman–Crippen MR) is 96.9 cm³/mol. The van der Waals surface area contributed by atoms with Crippen LogP contribution >= 0.6 is 0 Å². The van der Waals surface area contributed by atoms with E-state index in [0.29, 0.717) is 19.6 Å². The number of hydrogen-bond acceptors (Lipinski definition) is 4. The lowest BCUT2D eigenvalue weighted by Gasteiger charge is -2.45. The summed E-state index contributed by atoms with van der Waals surface area (Å²) in [7, 11) is 0. The number of piperidine rings is 1. The van der Waals surface area contributed by atoms with Crippen molar-refractivity contribution in [1.82, 2.24) is 15.1 Å². The van der Waals surface area contributed by atoms with Gasteiger partial charge in [-0.25, -0.2) is 0 Å². The molecule has 3 N–H and O–H groups in total. The lowest BCUT2D eigenvalue weighted by Crippen LogP contribution is -2.64. The van der Waals surface area contributed by atoms with E-state index in [1.165, 1.54) is 6.92 Å². The van der Waals surface area contributed by atoms with Crippen LogP contribution in [0.1, 0.15) is 31.9 Å². The maximum atomic E-state index is 12.4. The van der Waals surface area contributed by atoms with E-state index in [1.807, 2.05) is 40.1 Å². The minimum Gasteiger partial charge on any atom is -0.369 e. The highest BCUT2D eigenvalue weighted by Crippen LogP contribution is 2.47. The number of nitrogens with two attached hydrogens (primary N) is 1. The molecule has 0 bridgehead atoms. The SMILES string of the molecule is CC(=O)N[C@@]12CN(CC(N)=O)CC[C@@H]1[C@@H](c1ccccc1)N(C(C)=O)C2. The Balaban J connectivity index is 1.99. The first-order chi connectivity index (χ1) is 12.3. The summed E-state index contributed by atoms with van der Waals surface area (Å²) in [5.74, 6) is -0.447. The molecular weight excluding hydrogens is 332 g/mol. The van der Waals surface area contributed by atoms with Gasteiger partial charge in [0.2, 0.25) is 17.7 Å². The molecule has 7 heteroatoms. The number of fused-ring (bicyclic) bond motifs is 1. The van der Waals surface area contributed by atoms with E-state index >= 15 is 0 Å². The fraction of sp³-hybridized carbons (Fsp3) is 0.526. The molecule has 2 aliphatic heterocycles.